The fourth-order valence-electron chi connectivity index (χ4n) is 4.68. The number of aryl methyl sites for hydroxylation is 2. The van der Waals surface area contributed by atoms with Crippen LogP contribution in [-0.4, -0.2) is 33.9 Å². The van der Waals surface area contributed by atoms with Crippen LogP contribution in [0.5, 0.6) is 0 Å². The number of hydrazine groups is 1. The monoisotopic (exact) mass is 482 g/mol. The maximum atomic E-state index is 13.2. The Balaban J connectivity index is 1.15. The van der Waals surface area contributed by atoms with Gasteiger partial charge in [0.2, 0.25) is 5.91 Å². The van der Waals surface area contributed by atoms with Gasteiger partial charge in [0.05, 0.1) is 12.1 Å². The minimum Gasteiger partial charge on any atom is -0.352 e. The molecule has 0 aromatic heterocycles. The molecule has 1 amide bonds. The Labute approximate surface area is 203 Å². The van der Waals surface area contributed by atoms with E-state index in [1.165, 1.54) is 28.8 Å². The molecule has 3 aliphatic rings. The Morgan fingerprint density at radius 2 is 2.06 bits per heavy atom. The summed E-state index contributed by atoms with van der Waals surface area (Å²) >= 11 is 6.04. The number of carbonyl (C=O) groups is 1. The second-order valence-corrected chi connectivity index (χ2v) is 9.46. The summed E-state index contributed by atoms with van der Waals surface area (Å²) in [5.74, 6) is 0.337. The molecule has 0 aliphatic carbocycles. The lowest BCUT2D eigenvalue weighted by molar-refractivity contribution is -0.121. The largest absolute Gasteiger partial charge is 0.352 e. The first-order valence-electron chi connectivity index (χ1n) is 11.5. The molecule has 3 N–H and O–H groups in total. The van der Waals surface area contributed by atoms with Gasteiger partial charge in [0.15, 0.2) is 0 Å². The first-order valence-corrected chi connectivity index (χ1v) is 11.9. The van der Waals surface area contributed by atoms with E-state index < -0.39 is 5.82 Å². The lowest BCUT2D eigenvalue weighted by atomic mass is 9.97. The van der Waals surface area contributed by atoms with Crippen LogP contribution in [0.2, 0.25) is 5.02 Å². The third-order valence-electron chi connectivity index (χ3n) is 6.82. The second kappa shape index (κ2) is 9.27. The van der Waals surface area contributed by atoms with Gasteiger partial charge in [-0.2, -0.15) is 5.10 Å². The molecule has 5 rings (SSSR count). The average molecular weight is 483 g/mol. The molecule has 34 heavy (non-hydrogen) atoms. The minimum absolute atomic E-state index is 0.0186. The van der Waals surface area contributed by atoms with Gasteiger partial charge in [-0.1, -0.05) is 35.9 Å². The maximum absolute atomic E-state index is 13.2. The highest BCUT2D eigenvalue weighted by atomic mass is 35.5. The molecule has 2 aromatic carbocycles. The first kappa shape index (κ1) is 22.7. The third-order valence-corrected chi connectivity index (χ3v) is 7.17. The van der Waals surface area contributed by atoms with E-state index in [4.69, 9.17) is 11.6 Å². The molecule has 0 radical (unpaired) electrons. The molecule has 1 fully saturated rings. The Kier molecular flexibility index (Phi) is 6.18. The lowest BCUT2D eigenvalue weighted by Gasteiger charge is -2.37. The molecule has 3 atom stereocenters. The van der Waals surface area contributed by atoms with Gasteiger partial charge in [0.25, 0.3) is 0 Å². The Bertz CT molecular complexity index is 1170. The van der Waals surface area contributed by atoms with Crippen LogP contribution >= 0.6 is 11.6 Å². The molecule has 3 heterocycles. The number of fused-ring (bicyclic) bond motifs is 3. The van der Waals surface area contributed by atoms with Crippen molar-refractivity contribution in [2.75, 3.05) is 0 Å². The van der Waals surface area contributed by atoms with Crippen molar-refractivity contribution in [1.82, 2.24) is 26.1 Å². The number of nitrogens with one attached hydrogen (secondary N) is 3. The normalized spacial score (nSPS) is 22.8. The van der Waals surface area contributed by atoms with Crippen LogP contribution in [0.25, 0.3) is 0 Å². The van der Waals surface area contributed by atoms with E-state index in [2.05, 4.69) is 63.2 Å². The highest BCUT2D eigenvalue weighted by molar-refractivity contribution is 6.31. The van der Waals surface area contributed by atoms with Crippen molar-refractivity contribution in [3.8, 4) is 0 Å². The average Bonchev–Trinajstić information content (AvgIpc) is 3.43. The Hall–Kier alpha value is -3.10. The van der Waals surface area contributed by atoms with Crippen molar-refractivity contribution >= 4 is 23.3 Å². The molecule has 1 saturated heterocycles. The first-order chi connectivity index (χ1) is 16.4. The van der Waals surface area contributed by atoms with Gasteiger partial charge in [-0.05, 0) is 54.7 Å². The van der Waals surface area contributed by atoms with Crippen molar-refractivity contribution in [1.29, 1.82) is 0 Å². The van der Waals surface area contributed by atoms with E-state index in [9.17, 15) is 9.18 Å². The van der Waals surface area contributed by atoms with Crippen molar-refractivity contribution in [3.05, 3.63) is 81.9 Å². The lowest BCUT2D eigenvalue weighted by Crippen LogP contribution is -2.54. The van der Waals surface area contributed by atoms with E-state index >= 15 is 0 Å². The maximum Gasteiger partial charge on any atom is 0.220 e. The van der Waals surface area contributed by atoms with Crippen molar-refractivity contribution in [2.24, 2.45) is 5.10 Å². The number of amides is 1. The van der Waals surface area contributed by atoms with Crippen LogP contribution < -0.4 is 16.2 Å². The number of benzene rings is 2. The molecule has 178 valence electrons. The van der Waals surface area contributed by atoms with E-state index in [0.29, 0.717) is 23.4 Å². The van der Waals surface area contributed by atoms with Gasteiger partial charge in [0, 0.05) is 36.8 Å². The number of hydrazone groups is 1. The SMILES string of the molecule is Cc1ccc(C2CC3C4NN=C(CCC(=O)NCc5ccc(F)cc5Cl)N4C=CN3N2)cc1C. The van der Waals surface area contributed by atoms with E-state index in [1.54, 1.807) is 6.07 Å². The fraction of sp³-hybridized carbons (Fsp3) is 0.360. The summed E-state index contributed by atoms with van der Waals surface area (Å²) in [6, 6.07) is 11.2. The van der Waals surface area contributed by atoms with Crippen LogP contribution in [0.1, 0.15) is 47.6 Å². The zero-order valence-corrected chi connectivity index (χ0v) is 19.9. The molecule has 0 spiro atoms. The van der Waals surface area contributed by atoms with Crippen molar-refractivity contribution < 1.29 is 9.18 Å². The number of hydrogen-bond acceptors (Lipinski definition) is 6. The molecule has 3 unspecified atom stereocenters. The van der Waals surface area contributed by atoms with Gasteiger partial charge in [0.1, 0.15) is 17.8 Å². The standard InChI is InChI=1S/C25H28ClFN6O/c1-15-3-4-17(11-16(15)2)21-13-22-25-30-29-23(32(25)9-10-33(22)31-21)7-8-24(34)28-14-18-5-6-19(27)12-20(18)26/h3-6,9-12,21-22,25,30-31H,7-8,13-14H2,1-2H3,(H,28,34). The molecule has 0 saturated carbocycles. The number of amidine groups is 1. The molecule has 2 aromatic rings. The van der Waals surface area contributed by atoms with Gasteiger partial charge in [-0.15, -0.1) is 0 Å². The number of halogens is 2. The van der Waals surface area contributed by atoms with Gasteiger partial charge >= 0.3 is 0 Å². The van der Waals surface area contributed by atoms with E-state index in [0.717, 1.165) is 12.3 Å². The quantitative estimate of drug-likeness (QED) is 0.583. The molecular formula is C25H28ClFN6O. The van der Waals surface area contributed by atoms with Crippen LogP contribution in [0.4, 0.5) is 4.39 Å². The smallest absolute Gasteiger partial charge is 0.220 e. The third kappa shape index (κ3) is 4.48. The van der Waals surface area contributed by atoms with Crippen LogP contribution in [0, 0.1) is 19.7 Å². The summed E-state index contributed by atoms with van der Waals surface area (Å²) in [5.41, 5.74) is 11.4. The summed E-state index contributed by atoms with van der Waals surface area (Å²) in [4.78, 5) is 14.5. The highest BCUT2D eigenvalue weighted by Gasteiger charge is 2.44. The topological polar surface area (TPSA) is 72.0 Å². The summed E-state index contributed by atoms with van der Waals surface area (Å²) in [6.07, 6.45) is 5.83. The van der Waals surface area contributed by atoms with E-state index in [-0.39, 0.29) is 30.7 Å². The molecular weight excluding hydrogens is 455 g/mol. The van der Waals surface area contributed by atoms with Gasteiger partial charge in [-0.25, -0.2) is 9.82 Å². The number of nitrogens with zero attached hydrogens (tertiary/aromatic N) is 3. The van der Waals surface area contributed by atoms with Gasteiger partial charge < -0.3 is 15.2 Å². The predicted molar refractivity (Wildman–Crippen MR) is 130 cm³/mol. The second-order valence-electron chi connectivity index (χ2n) is 9.06. The molecule has 3 aliphatic heterocycles. The summed E-state index contributed by atoms with van der Waals surface area (Å²) in [5, 5.41) is 9.83. The molecule has 0 bridgehead atoms. The van der Waals surface area contributed by atoms with E-state index in [1.807, 2.05) is 12.4 Å². The van der Waals surface area contributed by atoms with Gasteiger partial charge in [-0.3, -0.25) is 10.2 Å². The summed E-state index contributed by atoms with van der Waals surface area (Å²) in [7, 11) is 0. The zero-order chi connectivity index (χ0) is 23.8. The Morgan fingerprint density at radius 1 is 1.21 bits per heavy atom. The number of hydrogen-bond donors (Lipinski definition) is 3. The Morgan fingerprint density at radius 3 is 2.85 bits per heavy atom. The molecule has 7 nitrogen and oxygen atoms in total. The van der Waals surface area contributed by atoms with Crippen LogP contribution in [-0.2, 0) is 11.3 Å². The molecule has 9 heteroatoms. The minimum atomic E-state index is -0.396. The van der Waals surface area contributed by atoms with Crippen molar-refractivity contribution in [2.45, 2.75) is 57.9 Å². The van der Waals surface area contributed by atoms with Crippen LogP contribution in [0.3, 0.4) is 0 Å². The van der Waals surface area contributed by atoms with Crippen molar-refractivity contribution in [3.63, 3.8) is 0 Å². The summed E-state index contributed by atoms with van der Waals surface area (Å²) in [6.45, 7) is 4.54. The predicted octanol–water partition coefficient (Wildman–Crippen LogP) is 3.84. The zero-order valence-electron chi connectivity index (χ0n) is 19.2. The number of carbonyl (C=O) groups excluding carboxylic acids is 1. The van der Waals surface area contributed by atoms with Crippen LogP contribution in [0.15, 0.2) is 53.9 Å². The highest BCUT2D eigenvalue weighted by Crippen LogP contribution is 2.34. The summed E-state index contributed by atoms with van der Waals surface area (Å²) < 4.78 is 13.2. The number of rotatable bonds is 6. The fourth-order valence-corrected chi connectivity index (χ4v) is 4.92.